The molecule has 3 fully saturated rings. The Bertz CT molecular complexity index is 351. The Balaban J connectivity index is 1.42. The van der Waals surface area contributed by atoms with E-state index in [1.54, 1.807) is 0 Å². The number of carbonyl (C=O) groups excluding carboxylic acids is 2. The van der Waals surface area contributed by atoms with Gasteiger partial charge in [0.05, 0.1) is 0 Å². The van der Waals surface area contributed by atoms with E-state index in [1.165, 1.54) is 12.8 Å². The molecule has 19 heavy (non-hydrogen) atoms. The zero-order chi connectivity index (χ0) is 13.2. The molecule has 0 aromatic heterocycles. The van der Waals surface area contributed by atoms with E-state index in [-0.39, 0.29) is 17.9 Å². The topological polar surface area (TPSA) is 49.4 Å². The third-order valence-electron chi connectivity index (χ3n) is 4.81. The molecule has 0 radical (unpaired) electrons. The maximum absolute atomic E-state index is 12.1. The van der Waals surface area contributed by atoms with Gasteiger partial charge in [-0.1, -0.05) is 12.8 Å². The number of hydrogen-bond donors (Lipinski definition) is 1. The van der Waals surface area contributed by atoms with Gasteiger partial charge in [0.1, 0.15) is 0 Å². The summed E-state index contributed by atoms with van der Waals surface area (Å²) in [6.45, 7) is 1.65. The van der Waals surface area contributed by atoms with E-state index in [1.807, 2.05) is 4.90 Å². The Morgan fingerprint density at radius 1 is 0.842 bits per heavy atom. The number of hydrogen-bond acceptors (Lipinski definition) is 2. The van der Waals surface area contributed by atoms with Crippen LogP contribution in [0.25, 0.3) is 0 Å². The molecule has 0 bridgehead atoms. The smallest absolute Gasteiger partial charge is 0.225 e. The first-order valence-electron chi connectivity index (χ1n) is 7.83. The standard InChI is InChI=1S/C15H24N2O2/c18-14(11-3-1-2-4-11)16-13-7-9-17(10-8-13)15(19)12-5-6-12/h11-13H,1-10H2,(H,16,18). The van der Waals surface area contributed by atoms with E-state index in [9.17, 15) is 9.59 Å². The normalized spacial score (nSPS) is 25.6. The Morgan fingerprint density at radius 3 is 2.05 bits per heavy atom. The first-order valence-corrected chi connectivity index (χ1v) is 7.83. The van der Waals surface area contributed by atoms with Crippen molar-refractivity contribution < 1.29 is 9.59 Å². The average molecular weight is 264 g/mol. The first kappa shape index (κ1) is 12.9. The zero-order valence-electron chi connectivity index (χ0n) is 11.6. The summed E-state index contributed by atoms with van der Waals surface area (Å²) in [7, 11) is 0. The van der Waals surface area contributed by atoms with Crippen molar-refractivity contribution in [3.63, 3.8) is 0 Å². The molecule has 2 amide bonds. The van der Waals surface area contributed by atoms with E-state index in [4.69, 9.17) is 0 Å². The second kappa shape index (κ2) is 5.51. The molecule has 2 aliphatic carbocycles. The summed E-state index contributed by atoms with van der Waals surface area (Å²) < 4.78 is 0. The second-order valence-corrected chi connectivity index (χ2v) is 6.36. The van der Waals surface area contributed by atoms with Crippen LogP contribution in [-0.2, 0) is 9.59 Å². The van der Waals surface area contributed by atoms with Crippen LogP contribution in [0.5, 0.6) is 0 Å². The van der Waals surface area contributed by atoms with Crippen molar-refractivity contribution in [2.24, 2.45) is 11.8 Å². The van der Waals surface area contributed by atoms with Gasteiger partial charge in [-0.25, -0.2) is 0 Å². The van der Waals surface area contributed by atoms with Crippen LogP contribution in [0, 0.1) is 11.8 Å². The Kier molecular flexibility index (Phi) is 3.76. The SMILES string of the molecule is O=C(NC1CCN(C(=O)C2CC2)CC1)C1CCCC1. The molecule has 1 heterocycles. The van der Waals surface area contributed by atoms with E-state index in [0.29, 0.717) is 11.8 Å². The summed E-state index contributed by atoms with van der Waals surface area (Å²) in [5.41, 5.74) is 0. The van der Waals surface area contributed by atoms with E-state index >= 15 is 0 Å². The fraction of sp³-hybridized carbons (Fsp3) is 0.867. The van der Waals surface area contributed by atoms with Crippen LogP contribution in [0.3, 0.4) is 0 Å². The Hall–Kier alpha value is -1.06. The summed E-state index contributed by atoms with van der Waals surface area (Å²) >= 11 is 0. The van der Waals surface area contributed by atoms with Crippen molar-refractivity contribution in [2.45, 2.75) is 57.4 Å². The highest BCUT2D eigenvalue weighted by atomic mass is 16.2. The maximum Gasteiger partial charge on any atom is 0.225 e. The highest BCUT2D eigenvalue weighted by Gasteiger charge is 2.35. The van der Waals surface area contributed by atoms with Crippen LogP contribution >= 0.6 is 0 Å². The molecule has 4 nitrogen and oxygen atoms in total. The number of likely N-dealkylation sites (tertiary alicyclic amines) is 1. The quantitative estimate of drug-likeness (QED) is 0.843. The van der Waals surface area contributed by atoms with Crippen molar-refractivity contribution in [3.8, 4) is 0 Å². The van der Waals surface area contributed by atoms with Crippen LogP contribution in [0.2, 0.25) is 0 Å². The molecule has 3 aliphatic rings. The number of amides is 2. The second-order valence-electron chi connectivity index (χ2n) is 6.36. The van der Waals surface area contributed by atoms with Gasteiger partial charge in [-0.3, -0.25) is 9.59 Å². The van der Waals surface area contributed by atoms with Crippen molar-refractivity contribution in [3.05, 3.63) is 0 Å². The minimum atomic E-state index is 0.254. The molecule has 1 saturated heterocycles. The van der Waals surface area contributed by atoms with E-state index in [2.05, 4.69) is 5.32 Å². The monoisotopic (exact) mass is 264 g/mol. The zero-order valence-corrected chi connectivity index (χ0v) is 11.6. The molecule has 0 atom stereocenters. The molecule has 0 unspecified atom stereocenters. The highest BCUT2D eigenvalue weighted by molar-refractivity contribution is 5.81. The lowest BCUT2D eigenvalue weighted by molar-refractivity contribution is -0.133. The molecule has 4 heteroatoms. The van der Waals surface area contributed by atoms with Gasteiger partial charge in [-0.15, -0.1) is 0 Å². The largest absolute Gasteiger partial charge is 0.353 e. The molecule has 3 rings (SSSR count). The van der Waals surface area contributed by atoms with Crippen molar-refractivity contribution in [1.82, 2.24) is 10.2 Å². The fourth-order valence-electron chi connectivity index (χ4n) is 3.34. The summed E-state index contributed by atoms with van der Waals surface area (Å²) in [4.78, 5) is 26.0. The lowest BCUT2D eigenvalue weighted by Gasteiger charge is -2.33. The number of carbonyl (C=O) groups is 2. The Morgan fingerprint density at radius 2 is 1.47 bits per heavy atom. The molecule has 2 saturated carbocycles. The number of nitrogens with zero attached hydrogens (tertiary/aromatic N) is 1. The molecule has 0 aromatic rings. The molecule has 0 aromatic carbocycles. The third-order valence-corrected chi connectivity index (χ3v) is 4.81. The predicted molar refractivity (Wildman–Crippen MR) is 72.4 cm³/mol. The molecule has 106 valence electrons. The van der Waals surface area contributed by atoms with Crippen molar-refractivity contribution in [2.75, 3.05) is 13.1 Å². The minimum Gasteiger partial charge on any atom is -0.353 e. The van der Waals surface area contributed by atoms with Gasteiger partial charge in [-0.05, 0) is 38.5 Å². The van der Waals surface area contributed by atoms with Gasteiger partial charge in [-0.2, -0.15) is 0 Å². The number of piperidine rings is 1. The lowest BCUT2D eigenvalue weighted by atomic mass is 10.0. The van der Waals surface area contributed by atoms with Gasteiger partial charge in [0.25, 0.3) is 0 Å². The van der Waals surface area contributed by atoms with Crippen LogP contribution in [0.15, 0.2) is 0 Å². The summed E-state index contributed by atoms with van der Waals surface area (Å²) in [6, 6.07) is 0.288. The van der Waals surface area contributed by atoms with Crippen molar-refractivity contribution >= 4 is 11.8 Å². The lowest BCUT2D eigenvalue weighted by Crippen LogP contribution is -2.48. The summed E-state index contributed by atoms with van der Waals surface area (Å²) in [5.74, 6) is 1.18. The van der Waals surface area contributed by atoms with Crippen LogP contribution in [0.1, 0.15) is 51.4 Å². The molecular weight excluding hydrogens is 240 g/mol. The fourth-order valence-corrected chi connectivity index (χ4v) is 3.34. The van der Waals surface area contributed by atoms with Gasteiger partial charge < -0.3 is 10.2 Å². The van der Waals surface area contributed by atoms with Crippen LogP contribution < -0.4 is 5.32 Å². The molecule has 1 aliphatic heterocycles. The molecule has 1 N–H and O–H groups in total. The number of rotatable bonds is 3. The Labute approximate surface area is 114 Å². The van der Waals surface area contributed by atoms with Gasteiger partial charge in [0.2, 0.25) is 11.8 Å². The molecule has 0 spiro atoms. The minimum absolute atomic E-state index is 0.254. The van der Waals surface area contributed by atoms with E-state index < -0.39 is 0 Å². The number of nitrogens with one attached hydrogen (secondary N) is 1. The maximum atomic E-state index is 12.1. The summed E-state index contributed by atoms with van der Waals surface area (Å²) in [5, 5.41) is 3.19. The van der Waals surface area contributed by atoms with Crippen molar-refractivity contribution in [1.29, 1.82) is 0 Å². The van der Waals surface area contributed by atoms with Crippen LogP contribution in [0.4, 0.5) is 0 Å². The third kappa shape index (κ3) is 3.10. The van der Waals surface area contributed by atoms with Gasteiger partial charge >= 0.3 is 0 Å². The highest BCUT2D eigenvalue weighted by Crippen LogP contribution is 2.32. The average Bonchev–Trinajstić information content (AvgIpc) is 3.13. The first-order chi connectivity index (χ1) is 9.24. The van der Waals surface area contributed by atoms with Crippen LogP contribution in [-0.4, -0.2) is 35.8 Å². The van der Waals surface area contributed by atoms with Gasteiger partial charge in [0.15, 0.2) is 0 Å². The summed E-state index contributed by atoms with van der Waals surface area (Å²) in [6.07, 6.45) is 8.54. The van der Waals surface area contributed by atoms with E-state index in [0.717, 1.165) is 51.6 Å². The molecular formula is C15H24N2O2. The predicted octanol–water partition coefficient (Wildman–Crippen LogP) is 1.69. The van der Waals surface area contributed by atoms with Gasteiger partial charge in [0, 0.05) is 31.0 Å².